The van der Waals surface area contributed by atoms with Crippen LogP contribution < -0.4 is 0 Å². The van der Waals surface area contributed by atoms with Crippen LogP contribution in [0.4, 0.5) is 0 Å². The van der Waals surface area contributed by atoms with Crippen molar-refractivity contribution in [2.45, 2.75) is 17.2 Å². The van der Waals surface area contributed by atoms with E-state index in [4.69, 9.17) is 0 Å². The fourth-order valence-corrected chi connectivity index (χ4v) is 2.12. The third-order valence-electron chi connectivity index (χ3n) is 2.01. The third-order valence-corrected chi connectivity index (χ3v) is 3.33. The van der Waals surface area contributed by atoms with E-state index < -0.39 is 0 Å². The summed E-state index contributed by atoms with van der Waals surface area (Å²) in [6, 6.07) is 1.87. The third kappa shape index (κ3) is 3.17. The van der Waals surface area contributed by atoms with Crippen molar-refractivity contribution in [3.8, 4) is 11.3 Å². The fourth-order valence-electron chi connectivity index (χ4n) is 1.25. The number of rotatable bonds is 4. The van der Waals surface area contributed by atoms with Gasteiger partial charge < -0.3 is 0 Å². The largest absolute Gasteiger partial charge is 0.231 e. The van der Waals surface area contributed by atoms with Gasteiger partial charge in [-0.2, -0.15) is 0 Å². The summed E-state index contributed by atoms with van der Waals surface area (Å²) in [5.74, 6) is 0.976. The van der Waals surface area contributed by atoms with Crippen molar-refractivity contribution in [1.82, 2.24) is 19.9 Å². The highest BCUT2D eigenvalue weighted by Gasteiger charge is 2.03. The molecule has 2 rings (SSSR count). The zero-order valence-electron chi connectivity index (χ0n) is 9.62. The Balaban J connectivity index is 2.26. The van der Waals surface area contributed by atoms with Gasteiger partial charge in [-0.25, -0.2) is 19.9 Å². The van der Waals surface area contributed by atoms with E-state index in [9.17, 15) is 0 Å². The Kier molecular flexibility index (Phi) is 4.33. The highest BCUT2D eigenvalue weighted by atomic mass is 32.2. The first-order valence-corrected chi connectivity index (χ1v) is 7.36. The monoisotopic (exact) mass is 264 g/mol. The molecule has 88 valence electrons. The van der Waals surface area contributed by atoms with E-state index in [2.05, 4.69) is 26.9 Å². The molecule has 17 heavy (non-hydrogen) atoms. The molecular formula is C11H12N4S2. The molecule has 0 aliphatic heterocycles. The van der Waals surface area contributed by atoms with Crippen LogP contribution in [0.1, 0.15) is 6.92 Å². The minimum atomic E-state index is 0.759. The highest BCUT2D eigenvalue weighted by molar-refractivity contribution is 7.99. The van der Waals surface area contributed by atoms with E-state index in [0.717, 1.165) is 27.3 Å². The average Bonchev–Trinajstić information content (AvgIpc) is 2.40. The van der Waals surface area contributed by atoms with Crippen LogP contribution in [0, 0.1) is 0 Å². The molecule has 0 saturated carbocycles. The van der Waals surface area contributed by atoms with Gasteiger partial charge in [-0.3, -0.25) is 0 Å². The maximum atomic E-state index is 4.40. The summed E-state index contributed by atoms with van der Waals surface area (Å²) >= 11 is 3.15. The molecule has 6 heteroatoms. The molecule has 0 fully saturated rings. The van der Waals surface area contributed by atoms with Gasteiger partial charge >= 0.3 is 0 Å². The van der Waals surface area contributed by atoms with E-state index in [1.807, 2.05) is 12.3 Å². The zero-order chi connectivity index (χ0) is 12.1. The first kappa shape index (κ1) is 12.3. The highest BCUT2D eigenvalue weighted by Crippen LogP contribution is 2.19. The summed E-state index contributed by atoms with van der Waals surface area (Å²) in [5, 5.41) is 1.56. The number of nitrogens with zero attached hydrogens (tertiary/aromatic N) is 4. The van der Waals surface area contributed by atoms with Crippen LogP contribution in [0.25, 0.3) is 11.3 Å². The Morgan fingerprint density at radius 1 is 1.12 bits per heavy atom. The second kappa shape index (κ2) is 5.97. The van der Waals surface area contributed by atoms with Crippen molar-refractivity contribution in [2.75, 3.05) is 12.0 Å². The summed E-state index contributed by atoms with van der Waals surface area (Å²) in [5.41, 5.74) is 1.78. The molecule has 4 nitrogen and oxygen atoms in total. The molecule has 0 unspecified atom stereocenters. The first-order valence-electron chi connectivity index (χ1n) is 5.15. The second-order valence-electron chi connectivity index (χ2n) is 3.12. The molecule has 2 heterocycles. The van der Waals surface area contributed by atoms with Gasteiger partial charge in [0, 0.05) is 24.2 Å². The van der Waals surface area contributed by atoms with Crippen LogP contribution >= 0.6 is 23.5 Å². The Bertz CT molecular complexity index is 487. The molecule has 0 aliphatic rings. The molecule has 0 radical (unpaired) electrons. The molecule has 2 aromatic heterocycles. The Morgan fingerprint density at radius 2 is 1.88 bits per heavy atom. The minimum Gasteiger partial charge on any atom is -0.231 e. The van der Waals surface area contributed by atoms with E-state index in [0.29, 0.717) is 0 Å². The van der Waals surface area contributed by atoms with Crippen LogP contribution in [0.5, 0.6) is 0 Å². The van der Waals surface area contributed by atoms with Crippen LogP contribution in [-0.4, -0.2) is 31.9 Å². The average molecular weight is 264 g/mol. The van der Waals surface area contributed by atoms with Crippen LogP contribution in [0.3, 0.4) is 0 Å². The van der Waals surface area contributed by atoms with Crippen molar-refractivity contribution >= 4 is 23.5 Å². The SMILES string of the molecule is CCSc1ncc(-c2ccnc(SC)n2)cn1. The predicted molar refractivity (Wildman–Crippen MR) is 71.2 cm³/mol. The fraction of sp³-hybridized carbons (Fsp3) is 0.273. The molecule has 0 N–H and O–H groups in total. The van der Waals surface area contributed by atoms with E-state index in [-0.39, 0.29) is 0 Å². The summed E-state index contributed by atoms with van der Waals surface area (Å²) in [4.78, 5) is 17.1. The Hall–Kier alpha value is -1.14. The topological polar surface area (TPSA) is 51.6 Å². The molecular weight excluding hydrogens is 252 g/mol. The predicted octanol–water partition coefficient (Wildman–Crippen LogP) is 2.77. The number of hydrogen-bond acceptors (Lipinski definition) is 6. The molecule has 2 aromatic rings. The molecule has 0 saturated heterocycles. The summed E-state index contributed by atoms with van der Waals surface area (Å²) in [6.45, 7) is 2.08. The summed E-state index contributed by atoms with van der Waals surface area (Å²) < 4.78 is 0. The van der Waals surface area contributed by atoms with Gasteiger partial charge in [-0.1, -0.05) is 30.4 Å². The molecule has 0 atom stereocenters. The maximum absolute atomic E-state index is 4.40. The van der Waals surface area contributed by atoms with Gasteiger partial charge in [0.05, 0.1) is 5.69 Å². The van der Waals surface area contributed by atoms with Crippen LogP contribution in [-0.2, 0) is 0 Å². The van der Waals surface area contributed by atoms with Crippen molar-refractivity contribution in [2.24, 2.45) is 0 Å². The molecule has 0 bridgehead atoms. The van der Waals surface area contributed by atoms with Crippen LogP contribution in [0.2, 0.25) is 0 Å². The van der Waals surface area contributed by atoms with E-state index >= 15 is 0 Å². The molecule has 0 aromatic carbocycles. The van der Waals surface area contributed by atoms with Crippen molar-refractivity contribution in [3.05, 3.63) is 24.7 Å². The van der Waals surface area contributed by atoms with Gasteiger partial charge in [-0.05, 0) is 18.1 Å². The molecule has 0 amide bonds. The second-order valence-corrected chi connectivity index (χ2v) is 5.12. The quantitative estimate of drug-likeness (QED) is 0.625. The zero-order valence-corrected chi connectivity index (χ0v) is 11.3. The van der Waals surface area contributed by atoms with Crippen molar-refractivity contribution in [3.63, 3.8) is 0 Å². The molecule has 0 spiro atoms. The standard InChI is InChI=1S/C11H12N4S2/c1-3-17-10-13-6-8(7-14-10)9-4-5-12-11(15-9)16-2/h4-7H,3H2,1-2H3. The summed E-state index contributed by atoms with van der Waals surface area (Å²) in [7, 11) is 0. The lowest BCUT2D eigenvalue weighted by Gasteiger charge is -2.02. The van der Waals surface area contributed by atoms with Gasteiger partial charge in [0.25, 0.3) is 0 Å². The van der Waals surface area contributed by atoms with Crippen molar-refractivity contribution < 1.29 is 0 Å². The maximum Gasteiger partial charge on any atom is 0.187 e. The number of thioether (sulfide) groups is 2. The van der Waals surface area contributed by atoms with Gasteiger partial charge in [0.15, 0.2) is 10.3 Å². The lowest BCUT2D eigenvalue weighted by Crippen LogP contribution is -1.92. The van der Waals surface area contributed by atoms with Gasteiger partial charge in [0.2, 0.25) is 0 Å². The summed E-state index contributed by atoms with van der Waals surface area (Å²) in [6.07, 6.45) is 7.31. The number of hydrogen-bond donors (Lipinski definition) is 0. The minimum absolute atomic E-state index is 0.759. The smallest absolute Gasteiger partial charge is 0.187 e. The number of aromatic nitrogens is 4. The van der Waals surface area contributed by atoms with Crippen molar-refractivity contribution in [1.29, 1.82) is 0 Å². The lowest BCUT2D eigenvalue weighted by atomic mass is 10.2. The van der Waals surface area contributed by atoms with Crippen LogP contribution in [0.15, 0.2) is 35.0 Å². The first-order chi connectivity index (χ1) is 8.33. The lowest BCUT2D eigenvalue weighted by molar-refractivity contribution is 0.948. The van der Waals surface area contributed by atoms with Gasteiger partial charge in [-0.15, -0.1) is 0 Å². The molecule has 0 aliphatic carbocycles. The van der Waals surface area contributed by atoms with E-state index in [1.165, 1.54) is 11.8 Å². The Morgan fingerprint density at radius 3 is 2.53 bits per heavy atom. The Labute approximate surface area is 109 Å². The van der Waals surface area contributed by atoms with E-state index in [1.54, 1.807) is 30.4 Å². The normalized spacial score (nSPS) is 10.5. The van der Waals surface area contributed by atoms with Gasteiger partial charge in [0.1, 0.15) is 0 Å².